The molecule has 2 atom stereocenters. The second-order valence-electron chi connectivity index (χ2n) is 4.51. The van der Waals surface area contributed by atoms with Gasteiger partial charge in [-0.15, -0.1) is 0 Å². The molecule has 0 amide bonds. The Balaban J connectivity index is 1.86. The molecule has 4 nitrogen and oxygen atoms in total. The molecule has 0 aliphatic heterocycles. The lowest BCUT2D eigenvalue weighted by Gasteiger charge is -2.04. The Hall–Kier alpha value is -1.50. The van der Waals surface area contributed by atoms with Gasteiger partial charge >= 0.3 is 0 Å². The highest BCUT2D eigenvalue weighted by molar-refractivity contribution is 5.41. The number of nitrogen functional groups attached to an aromatic ring is 1. The van der Waals surface area contributed by atoms with E-state index in [1.54, 1.807) is 0 Å². The molecule has 0 radical (unpaired) electrons. The van der Waals surface area contributed by atoms with E-state index in [1.165, 1.54) is 25.7 Å². The van der Waals surface area contributed by atoms with Crippen LogP contribution in [0.3, 0.4) is 0 Å². The number of hydrogen-bond acceptors (Lipinski definition) is 4. The fraction of sp³-hybridized carbons (Fsp3) is 0.636. The van der Waals surface area contributed by atoms with Gasteiger partial charge in [0, 0.05) is 5.92 Å². The molecule has 3 rings (SSSR count). The van der Waals surface area contributed by atoms with Crippen molar-refractivity contribution in [2.24, 2.45) is 11.8 Å². The Morgan fingerprint density at radius 1 is 1.33 bits per heavy atom. The summed E-state index contributed by atoms with van der Waals surface area (Å²) in [7, 11) is 0. The smallest absolute Gasteiger partial charge is 0.229 e. The van der Waals surface area contributed by atoms with Gasteiger partial charge in [-0.2, -0.15) is 5.26 Å². The zero-order chi connectivity index (χ0) is 10.4. The molecule has 1 aromatic rings. The summed E-state index contributed by atoms with van der Waals surface area (Å²) in [6.07, 6.45) is 5.19. The van der Waals surface area contributed by atoms with Crippen molar-refractivity contribution in [1.29, 1.82) is 5.26 Å². The Morgan fingerprint density at radius 2 is 2.00 bits per heavy atom. The Labute approximate surface area is 88.1 Å². The minimum atomic E-state index is 0.177. The Kier molecular flexibility index (Phi) is 1.75. The van der Waals surface area contributed by atoms with E-state index in [2.05, 4.69) is 4.98 Å². The first-order chi connectivity index (χ1) is 7.31. The first kappa shape index (κ1) is 8.78. The number of nitriles is 1. The molecular weight excluding hydrogens is 190 g/mol. The molecule has 0 spiro atoms. The molecule has 2 aliphatic carbocycles. The van der Waals surface area contributed by atoms with Crippen LogP contribution < -0.4 is 5.73 Å². The Morgan fingerprint density at radius 3 is 2.53 bits per heavy atom. The highest BCUT2D eigenvalue weighted by Gasteiger charge is 2.54. The van der Waals surface area contributed by atoms with E-state index in [-0.39, 0.29) is 11.6 Å². The summed E-state index contributed by atoms with van der Waals surface area (Å²) in [6.45, 7) is 0. The summed E-state index contributed by atoms with van der Waals surface area (Å²) in [4.78, 5) is 4.16. The molecule has 0 bridgehead atoms. The molecule has 1 heterocycles. The molecule has 2 aliphatic rings. The molecule has 1 aromatic heterocycles. The number of hydrogen-bond donors (Lipinski definition) is 1. The topological polar surface area (TPSA) is 75.8 Å². The summed E-state index contributed by atoms with van der Waals surface area (Å²) in [5, 5.41) is 8.74. The van der Waals surface area contributed by atoms with Gasteiger partial charge in [-0.1, -0.05) is 12.8 Å². The Bertz CT molecular complexity index is 420. The monoisotopic (exact) mass is 203 g/mol. The van der Waals surface area contributed by atoms with Crippen LogP contribution in [0.2, 0.25) is 0 Å². The van der Waals surface area contributed by atoms with Gasteiger partial charge in [0.05, 0.1) is 0 Å². The van der Waals surface area contributed by atoms with Crippen LogP contribution in [0.5, 0.6) is 0 Å². The van der Waals surface area contributed by atoms with Gasteiger partial charge < -0.3 is 10.2 Å². The van der Waals surface area contributed by atoms with E-state index in [9.17, 15) is 0 Å². The predicted octanol–water partition coefficient (Wildman–Crippen LogP) is 2.03. The summed E-state index contributed by atoms with van der Waals surface area (Å²) in [5.41, 5.74) is 5.80. The first-order valence-electron chi connectivity index (χ1n) is 5.47. The van der Waals surface area contributed by atoms with Crippen LogP contribution in [-0.4, -0.2) is 4.98 Å². The average Bonchev–Trinajstić information content (AvgIpc) is 2.87. The minimum Gasteiger partial charge on any atom is -0.424 e. The maximum absolute atomic E-state index is 8.74. The SMILES string of the molecule is N#Cc1nc(C2C3CCCCC32)oc1N. The molecule has 0 aromatic carbocycles. The minimum absolute atomic E-state index is 0.177. The highest BCUT2D eigenvalue weighted by Crippen LogP contribution is 2.61. The molecule has 2 fully saturated rings. The van der Waals surface area contributed by atoms with Gasteiger partial charge in [0.15, 0.2) is 0 Å². The predicted molar refractivity (Wildman–Crippen MR) is 53.8 cm³/mol. The van der Waals surface area contributed by atoms with E-state index in [0.717, 1.165) is 11.8 Å². The second-order valence-corrected chi connectivity index (χ2v) is 4.51. The van der Waals surface area contributed by atoms with Crippen LogP contribution in [0, 0.1) is 23.2 Å². The largest absolute Gasteiger partial charge is 0.424 e. The quantitative estimate of drug-likeness (QED) is 0.757. The van der Waals surface area contributed by atoms with Crippen LogP contribution in [0.4, 0.5) is 5.88 Å². The molecule has 2 saturated carbocycles. The van der Waals surface area contributed by atoms with E-state index in [4.69, 9.17) is 15.4 Å². The van der Waals surface area contributed by atoms with Gasteiger partial charge in [-0.3, -0.25) is 0 Å². The first-order valence-corrected chi connectivity index (χ1v) is 5.47. The van der Waals surface area contributed by atoms with Crippen molar-refractivity contribution in [3.8, 4) is 6.07 Å². The van der Waals surface area contributed by atoms with Gasteiger partial charge in [-0.05, 0) is 24.7 Å². The molecule has 15 heavy (non-hydrogen) atoms. The molecule has 2 unspecified atom stereocenters. The van der Waals surface area contributed by atoms with E-state index >= 15 is 0 Å². The fourth-order valence-electron chi connectivity index (χ4n) is 2.93. The van der Waals surface area contributed by atoms with Gasteiger partial charge in [-0.25, -0.2) is 4.98 Å². The summed E-state index contributed by atoms with van der Waals surface area (Å²) >= 11 is 0. The van der Waals surface area contributed by atoms with Crippen LogP contribution in [0.15, 0.2) is 4.42 Å². The lowest BCUT2D eigenvalue weighted by atomic mass is 10.0. The van der Waals surface area contributed by atoms with Gasteiger partial charge in [0.25, 0.3) is 0 Å². The lowest BCUT2D eigenvalue weighted by molar-refractivity contribution is 0.480. The normalized spacial score (nSPS) is 33.1. The third-order valence-corrected chi connectivity index (χ3v) is 3.72. The lowest BCUT2D eigenvalue weighted by Crippen LogP contribution is -1.91. The zero-order valence-corrected chi connectivity index (χ0v) is 8.44. The van der Waals surface area contributed by atoms with Crippen LogP contribution >= 0.6 is 0 Å². The maximum atomic E-state index is 8.74. The number of nitrogens with two attached hydrogens (primary N) is 1. The van der Waals surface area contributed by atoms with Crippen molar-refractivity contribution in [2.45, 2.75) is 31.6 Å². The molecule has 2 N–H and O–H groups in total. The number of rotatable bonds is 1. The summed E-state index contributed by atoms with van der Waals surface area (Å²) < 4.78 is 5.37. The van der Waals surface area contributed by atoms with Crippen molar-refractivity contribution in [1.82, 2.24) is 4.98 Å². The third-order valence-electron chi connectivity index (χ3n) is 3.72. The zero-order valence-electron chi connectivity index (χ0n) is 8.44. The maximum Gasteiger partial charge on any atom is 0.229 e. The number of aromatic nitrogens is 1. The number of fused-ring (bicyclic) bond motifs is 1. The van der Waals surface area contributed by atoms with Crippen molar-refractivity contribution >= 4 is 5.88 Å². The van der Waals surface area contributed by atoms with Crippen LogP contribution in [0.1, 0.15) is 43.2 Å². The number of anilines is 1. The third kappa shape index (κ3) is 1.23. The van der Waals surface area contributed by atoms with Crippen molar-refractivity contribution in [2.75, 3.05) is 5.73 Å². The van der Waals surface area contributed by atoms with Crippen molar-refractivity contribution in [3.05, 3.63) is 11.6 Å². The van der Waals surface area contributed by atoms with Gasteiger partial charge in [0.2, 0.25) is 17.5 Å². The molecule has 4 heteroatoms. The van der Waals surface area contributed by atoms with Crippen molar-refractivity contribution in [3.63, 3.8) is 0 Å². The number of oxazole rings is 1. The van der Waals surface area contributed by atoms with E-state index in [1.807, 2.05) is 6.07 Å². The average molecular weight is 203 g/mol. The number of nitrogens with zero attached hydrogens (tertiary/aromatic N) is 2. The summed E-state index contributed by atoms with van der Waals surface area (Å²) in [6, 6.07) is 1.95. The van der Waals surface area contributed by atoms with Gasteiger partial charge in [0.1, 0.15) is 6.07 Å². The molecular formula is C11H13N3O. The molecule has 78 valence electrons. The fourth-order valence-corrected chi connectivity index (χ4v) is 2.93. The summed E-state index contributed by atoms with van der Waals surface area (Å²) in [5.74, 6) is 2.79. The van der Waals surface area contributed by atoms with Crippen LogP contribution in [0.25, 0.3) is 0 Å². The van der Waals surface area contributed by atoms with E-state index in [0.29, 0.717) is 11.8 Å². The highest BCUT2D eigenvalue weighted by atomic mass is 16.4. The standard InChI is InChI=1S/C11H13N3O/c12-5-8-10(13)15-11(14-8)9-6-3-1-2-4-7(6)9/h6-7,9H,1-4,13H2. The molecule has 0 saturated heterocycles. The van der Waals surface area contributed by atoms with E-state index < -0.39 is 0 Å². The van der Waals surface area contributed by atoms with Crippen molar-refractivity contribution < 1.29 is 4.42 Å². The van der Waals surface area contributed by atoms with Crippen LogP contribution in [-0.2, 0) is 0 Å². The second kappa shape index (κ2) is 2.99.